The van der Waals surface area contributed by atoms with Crippen LogP contribution in [0.4, 0.5) is 0 Å². The van der Waals surface area contributed by atoms with Gasteiger partial charge in [-0.05, 0) is 37.1 Å². The molecule has 32 heavy (non-hydrogen) atoms. The zero-order chi connectivity index (χ0) is 22.3. The number of hydrogen-bond acceptors (Lipinski definition) is 4. The van der Waals surface area contributed by atoms with Crippen LogP contribution in [0.3, 0.4) is 0 Å². The van der Waals surface area contributed by atoms with Crippen molar-refractivity contribution < 1.29 is 14.7 Å². The third-order valence-electron chi connectivity index (χ3n) is 5.45. The largest absolute Gasteiger partial charge is 0.507 e. The minimum atomic E-state index is -0.268. The second-order valence-electron chi connectivity index (χ2n) is 7.73. The van der Waals surface area contributed by atoms with Gasteiger partial charge in [-0.2, -0.15) is 0 Å². The topological polar surface area (TPSA) is 107 Å². The van der Waals surface area contributed by atoms with E-state index in [4.69, 9.17) is 0 Å². The fourth-order valence-corrected chi connectivity index (χ4v) is 3.73. The van der Waals surface area contributed by atoms with Crippen LogP contribution in [-0.2, 0) is 0 Å². The number of phenolic OH excluding ortho intramolecular Hbond substituents is 1. The Morgan fingerprint density at radius 2 is 1.50 bits per heavy atom. The van der Waals surface area contributed by atoms with Crippen LogP contribution in [0.5, 0.6) is 5.75 Å². The van der Waals surface area contributed by atoms with Crippen LogP contribution in [-0.4, -0.2) is 40.0 Å². The molecular weight excluding hydrogens is 404 g/mol. The van der Waals surface area contributed by atoms with Gasteiger partial charge in [-0.3, -0.25) is 9.59 Å². The quantitative estimate of drug-likeness (QED) is 0.299. The average Bonchev–Trinajstić information content (AvgIpc) is 3.18. The first-order chi connectivity index (χ1) is 15.6. The number of aromatic nitrogens is 2. The standard InChI is InChI=1S/C25H26N4O3/c30-23-12-6-4-10-18(23)24(31)26-13-7-1-2-8-14-27-25(32)21-15-19-17-9-3-5-11-20(17)29-22(19)16-28-21/h3-6,9-12,15-16,29-30H,1-2,7-8,13-14H2,(H,26,31)(H,27,32). The van der Waals surface area contributed by atoms with Crippen molar-refractivity contribution in [1.29, 1.82) is 0 Å². The van der Waals surface area contributed by atoms with E-state index in [0.717, 1.165) is 47.5 Å². The summed E-state index contributed by atoms with van der Waals surface area (Å²) in [5.74, 6) is -0.457. The van der Waals surface area contributed by atoms with Crippen LogP contribution in [0.15, 0.2) is 60.8 Å². The molecule has 4 N–H and O–H groups in total. The van der Waals surface area contributed by atoms with Crippen LogP contribution in [0.25, 0.3) is 21.8 Å². The van der Waals surface area contributed by atoms with E-state index < -0.39 is 0 Å². The van der Waals surface area contributed by atoms with E-state index in [9.17, 15) is 14.7 Å². The number of benzene rings is 2. The van der Waals surface area contributed by atoms with Gasteiger partial charge in [0.05, 0.1) is 17.3 Å². The molecule has 164 valence electrons. The van der Waals surface area contributed by atoms with E-state index in [1.165, 1.54) is 6.07 Å². The number of rotatable bonds is 9. The maximum atomic E-state index is 12.5. The summed E-state index contributed by atoms with van der Waals surface area (Å²) in [6.45, 7) is 1.13. The Bertz CT molecular complexity index is 1250. The first kappa shape index (κ1) is 21.4. The highest BCUT2D eigenvalue weighted by Gasteiger charge is 2.11. The minimum absolute atomic E-state index is 0.0147. The predicted octanol–water partition coefficient (Wildman–Crippen LogP) is 4.14. The van der Waals surface area contributed by atoms with Gasteiger partial charge in [-0.1, -0.05) is 43.2 Å². The van der Waals surface area contributed by atoms with Crippen molar-refractivity contribution >= 4 is 33.6 Å². The van der Waals surface area contributed by atoms with E-state index in [1.54, 1.807) is 24.4 Å². The van der Waals surface area contributed by atoms with Crippen molar-refractivity contribution in [3.8, 4) is 5.75 Å². The zero-order valence-electron chi connectivity index (χ0n) is 17.7. The average molecular weight is 431 g/mol. The molecule has 0 bridgehead atoms. The first-order valence-electron chi connectivity index (χ1n) is 10.8. The van der Waals surface area contributed by atoms with Crippen LogP contribution in [0, 0.1) is 0 Å². The van der Waals surface area contributed by atoms with Crippen molar-refractivity contribution in [3.05, 3.63) is 72.1 Å². The van der Waals surface area contributed by atoms with Gasteiger partial charge in [0.15, 0.2) is 0 Å². The molecule has 0 fully saturated rings. The second kappa shape index (κ2) is 9.96. The molecule has 0 aliphatic rings. The number of amides is 2. The lowest BCUT2D eigenvalue weighted by molar-refractivity contribution is 0.0939. The van der Waals surface area contributed by atoms with Crippen LogP contribution in [0.1, 0.15) is 46.5 Å². The smallest absolute Gasteiger partial charge is 0.269 e. The minimum Gasteiger partial charge on any atom is -0.507 e. The molecule has 0 saturated heterocycles. The third kappa shape index (κ3) is 4.88. The Balaban J connectivity index is 1.16. The van der Waals surface area contributed by atoms with Crippen molar-refractivity contribution in [2.75, 3.05) is 13.1 Å². The summed E-state index contributed by atoms with van der Waals surface area (Å²) in [6, 6.07) is 16.3. The lowest BCUT2D eigenvalue weighted by atomic mass is 10.1. The number of hydrogen-bond donors (Lipinski definition) is 4. The number of aromatic hydroxyl groups is 1. The Morgan fingerprint density at radius 3 is 2.28 bits per heavy atom. The molecule has 4 rings (SSSR count). The molecule has 4 aromatic rings. The summed E-state index contributed by atoms with van der Waals surface area (Å²) in [6.07, 6.45) is 5.28. The number of carbonyl (C=O) groups is 2. The van der Waals surface area contributed by atoms with Gasteiger partial charge in [0.25, 0.3) is 11.8 Å². The molecule has 2 aromatic carbocycles. The van der Waals surface area contributed by atoms with E-state index in [0.29, 0.717) is 18.8 Å². The molecular formula is C25H26N4O3. The summed E-state index contributed by atoms with van der Waals surface area (Å²) >= 11 is 0. The molecule has 0 aliphatic carbocycles. The zero-order valence-corrected chi connectivity index (χ0v) is 17.7. The monoisotopic (exact) mass is 430 g/mol. The Hall–Kier alpha value is -3.87. The highest BCUT2D eigenvalue weighted by atomic mass is 16.3. The molecule has 0 unspecified atom stereocenters. The third-order valence-corrected chi connectivity index (χ3v) is 5.45. The van der Waals surface area contributed by atoms with Gasteiger partial charge in [-0.25, -0.2) is 4.98 Å². The summed E-state index contributed by atoms with van der Waals surface area (Å²) < 4.78 is 0. The fraction of sp³-hybridized carbons (Fsp3) is 0.240. The highest BCUT2D eigenvalue weighted by molar-refractivity contribution is 6.09. The Labute approximate surface area is 185 Å². The number of H-pyrrole nitrogens is 1. The van der Waals surface area contributed by atoms with Gasteiger partial charge in [0.1, 0.15) is 11.4 Å². The number of pyridine rings is 1. The summed E-state index contributed by atoms with van der Waals surface area (Å²) in [5.41, 5.74) is 2.64. The number of carbonyl (C=O) groups excluding carboxylic acids is 2. The van der Waals surface area contributed by atoms with Gasteiger partial charge in [0, 0.05) is 29.4 Å². The van der Waals surface area contributed by atoms with Crippen LogP contribution < -0.4 is 10.6 Å². The number of nitrogens with one attached hydrogen (secondary N) is 3. The molecule has 0 saturated carbocycles. The lowest BCUT2D eigenvalue weighted by Gasteiger charge is -2.07. The number of fused-ring (bicyclic) bond motifs is 3. The summed E-state index contributed by atoms with van der Waals surface area (Å²) in [5, 5.41) is 17.5. The van der Waals surface area contributed by atoms with Crippen molar-refractivity contribution in [1.82, 2.24) is 20.6 Å². The summed E-state index contributed by atoms with van der Waals surface area (Å²) in [4.78, 5) is 32.1. The van der Waals surface area contributed by atoms with Crippen molar-refractivity contribution in [2.24, 2.45) is 0 Å². The molecule has 0 radical (unpaired) electrons. The van der Waals surface area contributed by atoms with E-state index >= 15 is 0 Å². The molecule has 0 aliphatic heterocycles. The molecule has 7 nitrogen and oxygen atoms in total. The number of phenols is 1. The van der Waals surface area contributed by atoms with Crippen LogP contribution >= 0.6 is 0 Å². The molecule has 0 spiro atoms. The first-order valence-corrected chi connectivity index (χ1v) is 10.8. The number of aromatic amines is 1. The fourth-order valence-electron chi connectivity index (χ4n) is 3.73. The summed E-state index contributed by atoms with van der Waals surface area (Å²) in [7, 11) is 0. The van der Waals surface area contributed by atoms with Gasteiger partial charge >= 0.3 is 0 Å². The highest BCUT2D eigenvalue weighted by Crippen LogP contribution is 2.25. The Kier molecular flexibility index (Phi) is 6.65. The number of unbranched alkanes of at least 4 members (excludes halogenated alkanes) is 3. The van der Waals surface area contributed by atoms with Gasteiger partial charge in [0.2, 0.25) is 0 Å². The number of para-hydroxylation sites is 2. The molecule has 7 heteroatoms. The van der Waals surface area contributed by atoms with E-state index in [1.807, 2.05) is 30.3 Å². The molecule has 2 heterocycles. The van der Waals surface area contributed by atoms with Gasteiger partial charge < -0.3 is 20.7 Å². The molecule has 2 amide bonds. The predicted molar refractivity (Wildman–Crippen MR) is 125 cm³/mol. The second-order valence-corrected chi connectivity index (χ2v) is 7.73. The SMILES string of the molecule is O=C(NCCCCCCNC(=O)c1ccccc1O)c1cc2c(cn1)[nH]c1ccccc12. The van der Waals surface area contributed by atoms with Crippen LogP contribution in [0.2, 0.25) is 0 Å². The Morgan fingerprint density at radius 1 is 0.812 bits per heavy atom. The maximum absolute atomic E-state index is 12.5. The van der Waals surface area contributed by atoms with E-state index in [-0.39, 0.29) is 23.1 Å². The maximum Gasteiger partial charge on any atom is 0.269 e. The van der Waals surface area contributed by atoms with Gasteiger partial charge in [-0.15, -0.1) is 0 Å². The molecule has 2 aromatic heterocycles. The number of nitrogens with zero attached hydrogens (tertiary/aromatic N) is 1. The van der Waals surface area contributed by atoms with E-state index in [2.05, 4.69) is 20.6 Å². The lowest BCUT2D eigenvalue weighted by Crippen LogP contribution is -2.25. The van der Waals surface area contributed by atoms with Crippen molar-refractivity contribution in [2.45, 2.75) is 25.7 Å². The molecule has 0 atom stereocenters. The normalized spacial score (nSPS) is 11.0. The van der Waals surface area contributed by atoms with Crippen molar-refractivity contribution in [3.63, 3.8) is 0 Å².